The van der Waals surface area contributed by atoms with Crippen LogP contribution in [0.4, 0.5) is 5.82 Å². The van der Waals surface area contributed by atoms with Crippen molar-refractivity contribution in [2.45, 2.75) is 6.92 Å². The van der Waals surface area contributed by atoms with Crippen LogP contribution in [0.15, 0.2) is 24.5 Å². The second kappa shape index (κ2) is 3.77. The third-order valence-electron chi connectivity index (χ3n) is 3.41. The lowest BCUT2D eigenvalue weighted by Gasteiger charge is -2.00. The van der Waals surface area contributed by atoms with Crippen LogP contribution in [0.2, 0.25) is 0 Å². The molecule has 0 aliphatic rings. The van der Waals surface area contributed by atoms with E-state index < -0.39 is 0 Å². The zero-order chi connectivity index (χ0) is 13.7. The highest BCUT2D eigenvalue weighted by molar-refractivity contribution is 5.99. The fraction of sp³-hybridized carbons (Fsp3) is 0.0769. The molecule has 7 nitrogen and oxygen atoms in total. The molecule has 7 heteroatoms. The summed E-state index contributed by atoms with van der Waals surface area (Å²) < 4.78 is 0. The van der Waals surface area contributed by atoms with E-state index in [9.17, 15) is 0 Å². The van der Waals surface area contributed by atoms with Crippen LogP contribution < -0.4 is 5.73 Å². The molecule has 0 fully saturated rings. The number of H-pyrrole nitrogens is 2. The first-order chi connectivity index (χ1) is 9.74. The van der Waals surface area contributed by atoms with E-state index in [0.717, 1.165) is 33.2 Å². The SMILES string of the molecule is Cc1[nH]nc2cc(-c3[nH]nc4ncnc(N)c34)ccc12. The van der Waals surface area contributed by atoms with Gasteiger partial charge in [0.15, 0.2) is 5.65 Å². The number of fused-ring (bicyclic) bond motifs is 2. The summed E-state index contributed by atoms with van der Waals surface area (Å²) in [6.07, 6.45) is 1.41. The Kier molecular flexibility index (Phi) is 2.06. The van der Waals surface area contributed by atoms with Gasteiger partial charge in [0.25, 0.3) is 0 Å². The molecule has 3 heterocycles. The molecule has 0 amide bonds. The Bertz CT molecular complexity index is 934. The molecular weight excluding hydrogens is 254 g/mol. The van der Waals surface area contributed by atoms with Crippen molar-refractivity contribution in [3.05, 3.63) is 30.2 Å². The molecule has 0 atom stereocenters. The van der Waals surface area contributed by atoms with Crippen LogP contribution in [-0.4, -0.2) is 30.4 Å². The average Bonchev–Trinajstić information content (AvgIpc) is 3.04. The molecule has 0 spiro atoms. The predicted octanol–water partition coefficient (Wildman–Crippen LogP) is 1.79. The molecule has 4 N–H and O–H groups in total. The molecule has 0 radical (unpaired) electrons. The van der Waals surface area contributed by atoms with Gasteiger partial charge < -0.3 is 5.73 Å². The Balaban J connectivity index is 2.01. The molecule has 98 valence electrons. The third-order valence-corrected chi connectivity index (χ3v) is 3.41. The number of hydrogen-bond acceptors (Lipinski definition) is 5. The molecule has 0 saturated carbocycles. The zero-order valence-electron chi connectivity index (χ0n) is 10.7. The molecule has 0 unspecified atom stereocenters. The molecule has 3 aromatic heterocycles. The number of anilines is 1. The van der Waals surface area contributed by atoms with Gasteiger partial charge in [-0.3, -0.25) is 10.2 Å². The van der Waals surface area contributed by atoms with Crippen molar-refractivity contribution in [3.8, 4) is 11.3 Å². The van der Waals surface area contributed by atoms with Crippen molar-refractivity contribution in [1.82, 2.24) is 30.4 Å². The number of nitrogens with zero attached hydrogens (tertiary/aromatic N) is 4. The minimum atomic E-state index is 0.414. The van der Waals surface area contributed by atoms with Crippen molar-refractivity contribution in [3.63, 3.8) is 0 Å². The number of aryl methyl sites for hydroxylation is 1. The molecule has 0 aliphatic carbocycles. The summed E-state index contributed by atoms with van der Waals surface area (Å²) in [7, 11) is 0. The largest absolute Gasteiger partial charge is 0.383 e. The van der Waals surface area contributed by atoms with Crippen LogP contribution >= 0.6 is 0 Å². The van der Waals surface area contributed by atoms with Gasteiger partial charge in [-0.05, 0) is 13.0 Å². The van der Waals surface area contributed by atoms with Gasteiger partial charge in [-0.15, -0.1) is 0 Å². The minimum absolute atomic E-state index is 0.414. The number of nitrogen functional groups attached to an aromatic ring is 1. The van der Waals surface area contributed by atoms with Gasteiger partial charge in [0.05, 0.1) is 16.6 Å². The van der Waals surface area contributed by atoms with E-state index >= 15 is 0 Å². The lowest BCUT2D eigenvalue weighted by Crippen LogP contribution is -1.92. The van der Waals surface area contributed by atoms with Gasteiger partial charge in [0.2, 0.25) is 0 Å². The fourth-order valence-corrected chi connectivity index (χ4v) is 2.39. The highest BCUT2D eigenvalue weighted by Gasteiger charge is 2.13. The number of hydrogen-bond donors (Lipinski definition) is 3. The average molecular weight is 265 g/mol. The number of nitrogens with one attached hydrogen (secondary N) is 2. The van der Waals surface area contributed by atoms with Crippen molar-refractivity contribution in [1.29, 1.82) is 0 Å². The van der Waals surface area contributed by atoms with Crippen LogP contribution in [0.1, 0.15) is 5.69 Å². The first-order valence-corrected chi connectivity index (χ1v) is 6.13. The number of rotatable bonds is 1. The van der Waals surface area contributed by atoms with Gasteiger partial charge in [-0.1, -0.05) is 12.1 Å². The summed E-state index contributed by atoms with van der Waals surface area (Å²) in [4.78, 5) is 8.12. The number of nitrogens with two attached hydrogens (primary N) is 1. The maximum absolute atomic E-state index is 5.92. The van der Waals surface area contributed by atoms with Gasteiger partial charge >= 0.3 is 0 Å². The Morgan fingerprint density at radius 3 is 2.90 bits per heavy atom. The van der Waals surface area contributed by atoms with Crippen LogP contribution in [0.25, 0.3) is 33.2 Å². The minimum Gasteiger partial charge on any atom is -0.383 e. The van der Waals surface area contributed by atoms with E-state index in [0.29, 0.717) is 11.5 Å². The smallest absolute Gasteiger partial charge is 0.186 e. The highest BCUT2D eigenvalue weighted by Crippen LogP contribution is 2.30. The Labute approximate surface area is 113 Å². The summed E-state index contributed by atoms with van der Waals surface area (Å²) in [6, 6.07) is 6.01. The zero-order valence-corrected chi connectivity index (χ0v) is 10.7. The van der Waals surface area contributed by atoms with E-state index in [2.05, 4.69) is 30.4 Å². The number of benzene rings is 1. The molecular formula is C13H11N7. The van der Waals surface area contributed by atoms with Gasteiger partial charge in [0, 0.05) is 16.6 Å². The summed E-state index contributed by atoms with van der Waals surface area (Å²) in [5, 5.41) is 16.2. The normalized spacial score (nSPS) is 11.4. The Morgan fingerprint density at radius 2 is 2.00 bits per heavy atom. The van der Waals surface area contributed by atoms with Crippen LogP contribution in [0.3, 0.4) is 0 Å². The van der Waals surface area contributed by atoms with Crippen molar-refractivity contribution < 1.29 is 0 Å². The summed E-state index contributed by atoms with van der Waals surface area (Å²) in [6.45, 7) is 1.99. The van der Waals surface area contributed by atoms with E-state index in [1.807, 2.05) is 25.1 Å². The quantitative estimate of drug-likeness (QED) is 0.486. The lowest BCUT2D eigenvalue weighted by atomic mass is 10.1. The number of aromatic amines is 2. The topological polar surface area (TPSA) is 109 Å². The van der Waals surface area contributed by atoms with Gasteiger partial charge in [-0.2, -0.15) is 10.2 Å². The summed E-state index contributed by atoms with van der Waals surface area (Å²) in [5.74, 6) is 0.414. The lowest BCUT2D eigenvalue weighted by molar-refractivity contribution is 1.07. The Morgan fingerprint density at radius 1 is 1.10 bits per heavy atom. The first kappa shape index (κ1) is 10.9. The summed E-state index contributed by atoms with van der Waals surface area (Å²) >= 11 is 0. The third kappa shape index (κ3) is 1.40. The second-order valence-electron chi connectivity index (χ2n) is 4.64. The van der Waals surface area contributed by atoms with E-state index in [1.54, 1.807) is 0 Å². The molecule has 1 aromatic carbocycles. The monoisotopic (exact) mass is 265 g/mol. The van der Waals surface area contributed by atoms with Gasteiger partial charge in [0.1, 0.15) is 12.1 Å². The Hall–Kier alpha value is -2.96. The number of aromatic nitrogens is 6. The second-order valence-corrected chi connectivity index (χ2v) is 4.64. The van der Waals surface area contributed by atoms with Crippen LogP contribution in [0, 0.1) is 6.92 Å². The molecule has 4 aromatic rings. The summed E-state index contributed by atoms with van der Waals surface area (Å²) in [5.41, 5.74) is 10.2. The van der Waals surface area contributed by atoms with E-state index in [-0.39, 0.29) is 0 Å². The van der Waals surface area contributed by atoms with E-state index in [1.165, 1.54) is 6.33 Å². The standard InChI is InChI=1S/C13H11N7/c1-6-8-3-2-7(4-9(8)18-17-6)11-10-12(14)15-5-16-13(10)20-19-11/h2-5H,1H3,(H,17,18)(H3,14,15,16,19,20). The van der Waals surface area contributed by atoms with Crippen LogP contribution in [-0.2, 0) is 0 Å². The maximum atomic E-state index is 5.92. The predicted molar refractivity (Wildman–Crippen MR) is 75.9 cm³/mol. The van der Waals surface area contributed by atoms with Crippen molar-refractivity contribution in [2.75, 3.05) is 5.73 Å². The molecule has 0 bridgehead atoms. The molecule has 20 heavy (non-hydrogen) atoms. The molecule has 0 saturated heterocycles. The molecule has 0 aliphatic heterocycles. The van der Waals surface area contributed by atoms with Crippen LogP contribution in [0.5, 0.6) is 0 Å². The first-order valence-electron chi connectivity index (χ1n) is 6.13. The van der Waals surface area contributed by atoms with Crippen molar-refractivity contribution in [2.24, 2.45) is 0 Å². The highest BCUT2D eigenvalue weighted by atomic mass is 15.2. The fourth-order valence-electron chi connectivity index (χ4n) is 2.39. The maximum Gasteiger partial charge on any atom is 0.186 e. The van der Waals surface area contributed by atoms with Crippen molar-refractivity contribution >= 4 is 27.8 Å². The van der Waals surface area contributed by atoms with E-state index in [4.69, 9.17) is 5.73 Å². The molecule has 4 rings (SSSR count). The van der Waals surface area contributed by atoms with Gasteiger partial charge in [-0.25, -0.2) is 9.97 Å².